The van der Waals surface area contributed by atoms with E-state index in [1.807, 2.05) is 0 Å². The minimum atomic E-state index is -0.460. The maximum atomic E-state index is 11.4. The predicted octanol–water partition coefficient (Wildman–Crippen LogP) is 2.05. The SMILES string of the molecule is C=C(C(=O)OCC)c1ccc(C(=O)OC)cc1. The summed E-state index contributed by atoms with van der Waals surface area (Å²) in [4.78, 5) is 22.6. The second kappa shape index (κ2) is 5.84. The second-order valence-corrected chi connectivity index (χ2v) is 3.27. The highest BCUT2D eigenvalue weighted by Gasteiger charge is 2.11. The van der Waals surface area contributed by atoms with Gasteiger partial charge in [0.15, 0.2) is 0 Å². The van der Waals surface area contributed by atoms with Crippen molar-refractivity contribution in [2.24, 2.45) is 0 Å². The molecule has 4 heteroatoms. The van der Waals surface area contributed by atoms with Gasteiger partial charge in [0.25, 0.3) is 0 Å². The third kappa shape index (κ3) is 3.17. The molecule has 0 amide bonds. The van der Waals surface area contributed by atoms with E-state index < -0.39 is 11.9 Å². The summed E-state index contributed by atoms with van der Waals surface area (Å²) in [5.41, 5.74) is 1.31. The summed E-state index contributed by atoms with van der Waals surface area (Å²) in [5, 5.41) is 0. The number of carbonyl (C=O) groups is 2. The largest absolute Gasteiger partial charge is 0.465 e. The van der Waals surface area contributed by atoms with E-state index in [0.717, 1.165) is 0 Å². The molecule has 0 spiro atoms. The van der Waals surface area contributed by atoms with Crippen LogP contribution in [0.25, 0.3) is 5.57 Å². The van der Waals surface area contributed by atoms with Crippen molar-refractivity contribution in [3.63, 3.8) is 0 Å². The number of hydrogen-bond donors (Lipinski definition) is 0. The molecular weight excluding hydrogens is 220 g/mol. The fourth-order valence-corrected chi connectivity index (χ4v) is 1.26. The van der Waals surface area contributed by atoms with Gasteiger partial charge in [-0.25, -0.2) is 9.59 Å². The molecule has 0 bridgehead atoms. The number of ether oxygens (including phenoxy) is 2. The average molecular weight is 234 g/mol. The van der Waals surface area contributed by atoms with Gasteiger partial charge in [-0.2, -0.15) is 0 Å². The Morgan fingerprint density at radius 2 is 1.71 bits per heavy atom. The van der Waals surface area contributed by atoms with Gasteiger partial charge in [0, 0.05) is 0 Å². The van der Waals surface area contributed by atoms with Gasteiger partial charge >= 0.3 is 11.9 Å². The zero-order valence-corrected chi connectivity index (χ0v) is 9.86. The molecule has 1 aromatic rings. The van der Waals surface area contributed by atoms with Crippen molar-refractivity contribution >= 4 is 17.5 Å². The molecule has 0 heterocycles. The van der Waals surface area contributed by atoms with E-state index in [2.05, 4.69) is 11.3 Å². The Morgan fingerprint density at radius 1 is 1.18 bits per heavy atom. The number of carbonyl (C=O) groups excluding carboxylic acids is 2. The van der Waals surface area contributed by atoms with Crippen molar-refractivity contribution in [3.8, 4) is 0 Å². The fourth-order valence-electron chi connectivity index (χ4n) is 1.26. The molecule has 0 aliphatic carbocycles. The van der Waals surface area contributed by atoms with E-state index in [1.165, 1.54) is 7.11 Å². The monoisotopic (exact) mass is 234 g/mol. The lowest BCUT2D eigenvalue weighted by molar-refractivity contribution is -0.136. The quantitative estimate of drug-likeness (QED) is 0.591. The normalized spacial score (nSPS) is 9.53. The smallest absolute Gasteiger partial charge is 0.338 e. The van der Waals surface area contributed by atoms with Crippen LogP contribution in [0.3, 0.4) is 0 Å². The van der Waals surface area contributed by atoms with E-state index >= 15 is 0 Å². The maximum Gasteiger partial charge on any atom is 0.338 e. The lowest BCUT2D eigenvalue weighted by atomic mass is 10.1. The van der Waals surface area contributed by atoms with Gasteiger partial charge < -0.3 is 9.47 Å². The lowest BCUT2D eigenvalue weighted by Gasteiger charge is -2.06. The highest BCUT2D eigenvalue weighted by molar-refractivity contribution is 6.15. The van der Waals surface area contributed by atoms with Crippen molar-refractivity contribution in [2.75, 3.05) is 13.7 Å². The molecule has 90 valence electrons. The summed E-state index contributed by atoms with van der Waals surface area (Å²) < 4.78 is 9.40. The van der Waals surface area contributed by atoms with Crippen LogP contribution in [0.5, 0.6) is 0 Å². The first-order valence-electron chi connectivity index (χ1n) is 5.15. The maximum absolute atomic E-state index is 11.4. The molecular formula is C13H14O4. The Morgan fingerprint density at radius 3 is 2.18 bits per heavy atom. The highest BCUT2D eigenvalue weighted by atomic mass is 16.5. The summed E-state index contributed by atoms with van der Waals surface area (Å²) in [6, 6.07) is 6.41. The first-order chi connectivity index (χ1) is 8.10. The third-order valence-corrected chi connectivity index (χ3v) is 2.18. The van der Waals surface area contributed by atoms with E-state index in [0.29, 0.717) is 17.7 Å². The van der Waals surface area contributed by atoms with Crippen molar-refractivity contribution < 1.29 is 19.1 Å². The van der Waals surface area contributed by atoms with Crippen LogP contribution in [0.1, 0.15) is 22.8 Å². The Kier molecular flexibility index (Phi) is 4.46. The Bertz CT molecular complexity index is 431. The van der Waals surface area contributed by atoms with Crippen LogP contribution in [-0.4, -0.2) is 25.7 Å². The van der Waals surface area contributed by atoms with Crippen LogP contribution in [0.4, 0.5) is 0 Å². The molecule has 17 heavy (non-hydrogen) atoms. The van der Waals surface area contributed by atoms with Gasteiger partial charge in [0.1, 0.15) is 0 Å². The van der Waals surface area contributed by atoms with Gasteiger partial charge in [-0.05, 0) is 24.6 Å². The number of esters is 2. The van der Waals surface area contributed by atoms with Crippen molar-refractivity contribution in [1.82, 2.24) is 0 Å². The first-order valence-corrected chi connectivity index (χ1v) is 5.15. The molecule has 0 unspecified atom stereocenters. The van der Waals surface area contributed by atoms with Gasteiger partial charge in [-0.1, -0.05) is 18.7 Å². The minimum absolute atomic E-state index is 0.267. The average Bonchev–Trinajstić information content (AvgIpc) is 2.37. The minimum Gasteiger partial charge on any atom is -0.465 e. The summed E-state index contributed by atoms with van der Waals surface area (Å²) in [5.74, 6) is -0.878. The van der Waals surface area contributed by atoms with E-state index in [1.54, 1.807) is 31.2 Å². The van der Waals surface area contributed by atoms with Gasteiger partial charge in [0.05, 0.1) is 24.9 Å². The molecule has 0 aliphatic heterocycles. The summed E-state index contributed by atoms with van der Waals surface area (Å²) in [6.45, 7) is 5.68. The molecule has 0 fully saturated rings. The van der Waals surface area contributed by atoms with Crippen LogP contribution in [0.15, 0.2) is 30.8 Å². The van der Waals surface area contributed by atoms with Crippen molar-refractivity contribution in [1.29, 1.82) is 0 Å². The molecule has 0 atom stereocenters. The number of benzene rings is 1. The van der Waals surface area contributed by atoms with Crippen LogP contribution >= 0.6 is 0 Å². The van der Waals surface area contributed by atoms with Crippen LogP contribution in [0, 0.1) is 0 Å². The second-order valence-electron chi connectivity index (χ2n) is 3.27. The van der Waals surface area contributed by atoms with Gasteiger partial charge in [0.2, 0.25) is 0 Å². The van der Waals surface area contributed by atoms with Crippen LogP contribution in [-0.2, 0) is 14.3 Å². The van der Waals surface area contributed by atoms with Crippen LogP contribution in [0.2, 0.25) is 0 Å². The zero-order valence-electron chi connectivity index (χ0n) is 9.86. The van der Waals surface area contributed by atoms with Gasteiger partial charge in [-0.3, -0.25) is 0 Å². The number of hydrogen-bond acceptors (Lipinski definition) is 4. The number of methoxy groups -OCH3 is 1. The van der Waals surface area contributed by atoms with Crippen molar-refractivity contribution in [3.05, 3.63) is 42.0 Å². The molecule has 0 saturated carbocycles. The van der Waals surface area contributed by atoms with E-state index in [-0.39, 0.29) is 5.57 Å². The summed E-state index contributed by atoms with van der Waals surface area (Å²) >= 11 is 0. The Balaban J connectivity index is 2.84. The molecule has 0 N–H and O–H groups in total. The Labute approximate surface area is 99.8 Å². The van der Waals surface area contributed by atoms with Crippen LogP contribution < -0.4 is 0 Å². The third-order valence-electron chi connectivity index (χ3n) is 2.18. The van der Waals surface area contributed by atoms with E-state index in [4.69, 9.17) is 4.74 Å². The highest BCUT2D eigenvalue weighted by Crippen LogP contribution is 2.15. The lowest BCUT2D eigenvalue weighted by Crippen LogP contribution is -2.06. The number of rotatable bonds is 4. The molecule has 0 saturated heterocycles. The predicted molar refractivity (Wildman–Crippen MR) is 63.4 cm³/mol. The standard InChI is InChI=1S/C13H14O4/c1-4-17-12(14)9(2)10-5-7-11(8-6-10)13(15)16-3/h5-8H,2,4H2,1,3H3. The first kappa shape index (κ1) is 13.0. The fraction of sp³-hybridized carbons (Fsp3) is 0.231. The zero-order chi connectivity index (χ0) is 12.8. The molecule has 1 rings (SSSR count). The van der Waals surface area contributed by atoms with Gasteiger partial charge in [-0.15, -0.1) is 0 Å². The molecule has 4 nitrogen and oxygen atoms in total. The van der Waals surface area contributed by atoms with Crippen molar-refractivity contribution in [2.45, 2.75) is 6.92 Å². The topological polar surface area (TPSA) is 52.6 Å². The molecule has 0 aliphatic rings. The summed E-state index contributed by atoms with van der Waals surface area (Å²) in [7, 11) is 1.31. The Hall–Kier alpha value is -2.10. The molecule has 0 radical (unpaired) electrons. The molecule has 1 aromatic carbocycles. The molecule has 0 aromatic heterocycles. The summed E-state index contributed by atoms with van der Waals surface area (Å²) in [6.07, 6.45) is 0. The van der Waals surface area contributed by atoms with E-state index in [9.17, 15) is 9.59 Å².